The molecule has 0 atom stereocenters. The highest BCUT2D eigenvalue weighted by Crippen LogP contribution is 2.25. The minimum atomic E-state index is -1.34. The number of amides is 1. The Balaban J connectivity index is 1.32. The molecular formula is C30H26ClNO5. The lowest BCUT2D eigenvalue weighted by Crippen LogP contribution is -2.26. The third-order valence-corrected chi connectivity index (χ3v) is 5.98. The summed E-state index contributed by atoms with van der Waals surface area (Å²) in [6, 6.07) is 27.9. The summed E-state index contributed by atoms with van der Waals surface area (Å²) in [4.78, 5) is 23.5. The molecule has 0 radical (unpaired) electrons. The number of carboxylic acid groups (broad SMARTS) is 1. The molecule has 1 amide bonds. The zero-order chi connectivity index (χ0) is 26.2. The van der Waals surface area contributed by atoms with E-state index in [1.165, 1.54) is 5.56 Å². The summed E-state index contributed by atoms with van der Waals surface area (Å²) < 4.78 is 10.6. The minimum Gasteiger partial charge on any atom is -0.488 e. The van der Waals surface area contributed by atoms with Crippen molar-refractivity contribution in [3.63, 3.8) is 0 Å². The van der Waals surface area contributed by atoms with Crippen LogP contribution < -0.4 is 14.8 Å². The summed E-state index contributed by atoms with van der Waals surface area (Å²) in [7, 11) is 0. The van der Waals surface area contributed by atoms with Crippen molar-refractivity contribution in [2.45, 2.75) is 20.0 Å². The molecule has 37 heavy (non-hydrogen) atoms. The van der Waals surface area contributed by atoms with Gasteiger partial charge >= 0.3 is 6.16 Å². The fraction of sp³-hybridized carbons (Fsp3) is 0.133. The van der Waals surface area contributed by atoms with Gasteiger partial charge in [-0.15, -0.1) is 0 Å². The van der Waals surface area contributed by atoms with Crippen LogP contribution in [0.2, 0.25) is 5.02 Å². The fourth-order valence-corrected chi connectivity index (χ4v) is 3.92. The molecule has 0 aliphatic carbocycles. The Labute approximate surface area is 220 Å². The first-order valence-electron chi connectivity index (χ1n) is 11.7. The van der Waals surface area contributed by atoms with Gasteiger partial charge in [-0.25, -0.2) is 4.79 Å². The third-order valence-electron chi connectivity index (χ3n) is 5.75. The molecule has 4 aromatic rings. The number of hydrogen-bond donors (Lipinski definition) is 2. The van der Waals surface area contributed by atoms with Crippen molar-refractivity contribution >= 4 is 23.7 Å². The Morgan fingerprint density at radius 3 is 2.11 bits per heavy atom. The van der Waals surface area contributed by atoms with E-state index in [9.17, 15) is 9.59 Å². The molecule has 2 N–H and O–H groups in total. The standard InChI is InChI=1S/C30H26ClNO5/c1-20-2-4-22(5-3-20)19-36-28-15-12-25(31)18-27(28)29(33)32-17-16-21-6-8-23(9-7-21)24-10-13-26(14-11-24)37-30(34)35/h2-15,18H,16-17,19H2,1H3,(H,32,33)(H,34,35). The van der Waals surface area contributed by atoms with Gasteiger partial charge in [0.1, 0.15) is 18.1 Å². The van der Waals surface area contributed by atoms with Gasteiger partial charge in [0.2, 0.25) is 0 Å². The van der Waals surface area contributed by atoms with Crippen molar-refractivity contribution in [1.29, 1.82) is 0 Å². The average molecular weight is 516 g/mol. The maximum Gasteiger partial charge on any atom is 0.511 e. The van der Waals surface area contributed by atoms with Crippen LogP contribution in [0.5, 0.6) is 11.5 Å². The van der Waals surface area contributed by atoms with Gasteiger partial charge in [-0.3, -0.25) is 4.79 Å². The van der Waals surface area contributed by atoms with Gasteiger partial charge in [0, 0.05) is 11.6 Å². The van der Waals surface area contributed by atoms with Gasteiger partial charge in [0.05, 0.1) is 5.56 Å². The van der Waals surface area contributed by atoms with E-state index >= 15 is 0 Å². The van der Waals surface area contributed by atoms with Crippen LogP contribution in [0.3, 0.4) is 0 Å². The smallest absolute Gasteiger partial charge is 0.488 e. The minimum absolute atomic E-state index is 0.248. The van der Waals surface area contributed by atoms with Crippen LogP contribution in [0.4, 0.5) is 4.79 Å². The van der Waals surface area contributed by atoms with E-state index in [4.69, 9.17) is 21.4 Å². The van der Waals surface area contributed by atoms with Crippen molar-refractivity contribution in [3.8, 4) is 22.6 Å². The van der Waals surface area contributed by atoms with Crippen molar-refractivity contribution in [2.75, 3.05) is 6.54 Å². The molecule has 0 spiro atoms. The molecule has 6 nitrogen and oxygen atoms in total. The number of rotatable bonds is 9. The Kier molecular flexibility index (Phi) is 8.44. The third kappa shape index (κ3) is 7.35. The van der Waals surface area contributed by atoms with E-state index in [2.05, 4.69) is 10.1 Å². The van der Waals surface area contributed by atoms with Gasteiger partial charge in [-0.2, -0.15) is 0 Å². The molecule has 0 aromatic heterocycles. The molecule has 0 fully saturated rings. The normalized spacial score (nSPS) is 10.5. The summed E-state index contributed by atoms with van der Waals surface area (Å²) >= 11 is 6.15. The Hall–Kier alpha value is -4.29. The Bertz CT molecular complexity index is 1370. The van der Waals surface area contributed by atoms with Crippen LogP contribution in [0.15, 0.2) is 91.0 Å². The molecule has 0 aliphatic rings. The zero-order valence-corrected chi connectivity index (χ0v) is 21.0. The second-order valence-electron chi connectivity index (χ2n) is 8.51. The second kappa shape index (κ2) is 12.1. The monoisotopic (exact) mass is 515 g/mol. The van der Waals surface area contributed by atoms with Gasteiger partial charge in [0.15, 0.2) is 0 Å². The van der Waals surface area contributed by atoms with Gasteiger partial charge in [-0.05, 0) is 65.9 Å². The van der Waals surface area contributed by atoms with Crippen molar-refractivity contribution in [1.82, 2.24) is 5.32 Å². The summed E-state index contributed by atoms with van der Waals surface area (Å²) in [5.74, 6) is 0.500. The number of carbonyl (C=O) groups is 2. The van der Waals surface area contributed by atoms with Crippen LogP contribution in [-0.2, 0) is 13.0 Å². The molecule has 188 valence electrons. The molecule has 7 heteroatoms. The van der Waals surface area contributed by atoms with Crippen molar-refractivity contribution in [3.05, 3.63) is 118 Å². The van der Waals surface area contributed by atoms with E-state index in [-0.39, 0.29) is 11.7 Å². The van der Waals surface area contributed by atoms with Gasteiger partial charge in [-0.1, -0.05) is 77.8 Å². The zero-order valence-electron chi connectivity index (χ0n) is 20.2. The number of halogens is 1. The maximum atomic E-state index is 12.9. The quantitative estimate of drug-likeness (QED) is 0.186. The molecule has 0 saturated heterocycles. The highest BCUT2D eigenvalue weighted by Gasteiger charge is 2.14. The largest absolute Gasteiger partial charge is 0.511 e. The van der Waals surface area contributed by atoms with Crippen LogP contribution in [0.1, 0.15) is 27.0 Å². The number of ether oxygens (including phenoxy) is 2. The number of aryl methyl sites for hydroxylation is 1. The first kappa shape index (κ1) is 25.8. The molecule has 0 aliphatic heterocycles. The molecule has 0 bridgehead atoms. The van der Waals surface area contributed by atoms with Crippen LogP contribution in [0, 0.1) is 6.92 Å². The van der Waals surface area contributed by atoms with E-state index < -0.39 is 6.16 Å². The summed E-state index contributed by atoms with van der Waals surface area (Å²) in [5.41, 5.74) is 5.58. The molecule has 4 aromatic carbocycles. The number of nitrogens with one attached hydrogen (secondary N) is 1. The predicted molar refractivity (Wildman–Crippen MR) is 144 cm³/mol. The van der Waals surface area contributed by atoms with Crippen LogP contribution >= 0.6 is 11.6 Å². The lowest BCUT2D eigenvalue weighted by Gasteiger charge is -2.13. The maximum absolute atomic E-state index is 12.9. The molecule has 0 saturated carbocycles. The average Bonchev–Trinajstić information content (AvgIpc) is 2.89. The molecule has 0 heterocycles. The second-order valence-corrected chi connectivity index (χ2v) is 8.95. The van der Waals surface area contributed by atoms with E-state index in [1.54, 1.807) is 42.5 Å². The molecule has 4 rings (SSSR count). The lowest BCUT2D eigenvalue weighted by molar-refractivity contribution is 0.0949. The van der Waals surface area contributed by atoms with Crippen LogP contribution in [-0.4, -0.2) is 23.7 Å². The van der Waals surface area contributed by atoms with E-state index in [1.807, 2.05) is 55.5 Å². The summed E-state index contributed by atoms with van der Waals surface area (Å²) in [6.07, 6.45) is -0.692. The van der Waals surface area contributed by atoms with E-state index in [0.717, 1.165) is 22.3 Å². The SMILES string of the molecule is Cc1ccc(COc2ccc(Cl)cc2C(=O)NCCc2ccc(-c3ccc(OC(=O)O)cc3)cc2)cc1. The number of hydrogen-bond acceptors (Lipinski definition) is 4. The number of benzene rings is 4. The van der Waals surface area contributed by atoms with Crippen molar-refractivity contribution < 1.29 is 24.2 Å². The summed E-state index contributed by atoms with van der Waals surface area (Å²) in [5, 5.41) is 12.1. The lowest BCUT2D eigenvalue weighted by atomic mass is 10.0. The highest BCUT2D eigenvalue weighted by molar-refractivity contribution is 6.31. The highest BCUT2D eigenvalue weighted by atomic mass is 35.5. The van der Waals surface area contributed by atoms with E-state index in [0.29, 0.717) is 35.9 Å². The molecular weight excluding hydrogens is 490 g/mol. The first-order chi connectivity index (χ1) is 17.9. The predicted octanol–water partition coefficient (Wildman–Crippen LogP) is 6.92. The summed E-state index contributed by atoms with van der Waals surface area (Å²) in [6.45, 7) is 2.83. The Morgan fingerprint density at radius 2 is 1.46 bits per heavy atom. The first-order valence-corrected chi connectivity index (χ1v) is 12.1. The topological polar surface area (TPSA) is 84.9 Å². The Morgan fingerprint density at radius 1 is 0.838 bits per heavy atom. The van der Waals surface area contributed by atoms with Gasteiger partial charge < -0.3 is 19.9 Å². The molecule has 0 unspecified atom stereocenters. The van der Waals surface area contributed by atoms with Crippen LogP contribution in [0.25, 0.3) is 11.1 Å². The number of carbonyl (C=O) groups excluding carboxylic acids is 1. The van der Waals surface area contributed by atoms with Gasteiger partial charge in [0.25, 0.3) is 5.91 Å². The fourth-order valence-electron chi connectivity index (χ4n) is 3.75. The van der Waals surface area contributed by atoms with Crippen molar-refractivity contribution in [2.24, 2.45) is 0 Å².